The van der Waals surface area contributed by atoms with Crippen LogP contribution in [0.2, 0.25) is 0 Å². The third-order valence-electron chi connectivity index (χ3n) is 2.27. The number of carbonyl (C=O) groups is 4. The van der Waals surface area contributed by atoms with Crippen molar-refractivity contribution < 1.29 is 29.4 Å². The summed E-state index contributed by atoms with van der Waals surface area (Å²) in [5.41, 5.74) is -0.0506. The van der Waals surface area contributed by atoms with Gasteiger partial charge in [-0.25, -0.2) is 9.78 Å². The van der Waals surface area contributed by atoms with Crippen molar-refractivity contribution >= 4 is 40.2 Å². The molecule has 0 aliphatic rings. The molecule has 1 aromatic heterocycles. The molecule has 0 radical (unpaired) electrons. The van der Waals surface area contributed by atoms with Crippen LogP contribution in [0.4, 0.5) is 5.13 Å². The number of carboxylic acid groups (broad SMARTS) is 2. The van der Waals surface area contributed by atoms with Crippen LogP contribution in [0.15, 0.2) is 5.38 Å². The molecule has 21 heavy (non-hydrogen) atoms. The maximum absolute atomic E-state index is 11.8. The largest absolute Gasteiger partial charge is 0.481 e. The van der Waals surface area contributed by atoms with Gasteiger partial charge in [0.05, 0.1) is 0 Å². The lowest BCUT2D eigenvalue weighted by Gasteiger charge is -2.12. The van der Waals surface area contributed by atoms with Gasteiger partial charge in [0.1, 0.15) is 11.7 Å². The summed E-state index contributed by atoms with van der Waals surface area (Å²) in [5, 5.41) is 23.6. The van der Waals surface area contributed by atoms with Gasteiger partial charge in [0, 0.05) is 18.7 Å². The van der Waals surface area contributed by atoms with Crippen LogP contribution in [0.5, 0.6) is 0 Å². The highest BCUT2D eigenvalue weighted by Gasteiger charge is 2.22. The molecule has 1 aromatic rings. The van der Waals surface area contributed by atoms with Gasteiger partial charge in [0.2, 0.25) is 5.91 Å². The Kier molecular flexibility index (Phi) is 5.79. The predicted molar refractivity (Wildman–Crippen MR) is 72.2 cm³/mol. The number of thiazole rings is 1. The fourth-order valence-electron chi connectivity index (χ4n) is 1.34. The fraction of sp³-hybridized carbons (Fsp3) is 0.364. The van der Waals surface area contributed by atoms with Crippen LogP contribution in [0, 0.1) is 0 Å². The number of hydrogen-bond acceptors (Lipinski definition) is 6. The average molecular weight is 315 g/mol. The lowest BCUT2D eigenvalue weighted by atomic mass is 10.1. The minimum atomic E-state index is -1.33. The van der Waals surface area contributed by atoms with E-state index in [1.54, 1.807) is 0 Å². The number of aliphatic carboxylic acids is 2. The number of nitrogens with zero attached hydrogens (tertiary/aromatic N) is 1. The van der Waals surface area contributed by atoms with Gasteiger partial charge in [-0.1, -0.05) is 0 Å². The van der Waals surface area contributed by atoms with E-state index in [-0.39, 0.29) is 29.6 Å². The predicted octanol–water partition coefficient (Wildman–Crippen LogP) is 0.149. The SMILES string of the molecule is CC(=O)Nc1nc(C(=O)NC(CCC(=O)O)C(=O)O)cs1. The van der Waals surface area contributed by atoms with Crippen molar-refractivity contribution in [2.75, 3.05) is 5.32 Å². The molecular formula is C11H13N3O6S. The summed E-state index contributed by atoms with van der Waals surface area (Å²) >= 11 is 1.01. The molecule has 0 spiro atoms. The number of aromatic nitrogens is 1. The van der Waals surface area contributed by atoms with Gasteiger partial charge < -0.3 is 20.8 Å². The van der Waals surface area contributed by atoms with Crippen molar-refractivity contribution in [1.29, 1.82) is 0 Å². The van der Waals surface area contributed by atoms with Gasteiger partial charge in [-0.15, -0.1) is 11.3 Å². The van der Waals surface area contributed by atoms with E-state index in [0.717, 1.165) is 11.3 Å². The standard InChI is InChI=1S/C11H13N3O6S/c1-5(15)12-11-14-7(4-21-11)9(18)13-6(10(19)20)2-3-8(16)17/h4,6H,2-3H2,1H3,(H,13,18)(H,16,17)(H,19,20)(H,12,14,15). The van der Waals surface area contributed by atoms with E-state index in [9.17, 15) is 19.2 Å². The van der Waals surface area contributed by atoms with Crippen molar-refractivity contribution in [2.45, 2.75) is 25.8 Å². The van der Waals surface area contributed by atoms with Crippen LogP contribution in [0.3, 0.4) is 0 Å². The third kappa shape index (κ3) is 5.57. The number of carbonyl (C=O) groups excluding carboxylic acids is 2. The number of hydrogen-bond donors (Lipinski definition) is 4. The quantitative estimate of drug-likeness (QED) is 0.560. The molecule has 0 saturated heterocycles. The lowest BCUT2D eigenvalue weighted by Crippen LogP contribution is -2.41. The van der Waals surface area contributed by atoms with Gasteiger partial charge in [0.15, 0.2) is 5.13 Å². The van der Waals surface area contributed by atoms with Crippen molar-refractivity contribution in [2.24, 2.45) is 0 Å². The Morgan fingerprint density at radius 1 is 1.33 bits per heavy atom. The maximum Gasteiger partial charge on any atom is 0.326 e. The number of anilines is 1. The molecule has 0 fully saturated rings. The van der Waals surface area contributed by atoms with Gasteiger partial charge in [0.25, 0.3) is 5.91 Å². The van der Waals surface area contributed by atoms with Gasteiger partial charge in [-0.2, -0.15) is 0 Å². The fourth-order valence-corrected chi connectivity index (χ4v) is 2.08. The minimum absolute atomic E-state index is 0.0506. The molecule has 114 valence electrons. The van der Waals surface area contributed by atoms with E-state index in [0.29, 0.717) is 0 Å². The first kappa shape index (κ1) is 16.6. The number of rotatable bonds is 7. The van der Waals surface area contributed by atoms with E-state index in [1.165, 1.54) is 12.3 Å². The first-order chi connectivity index (χ1) is 9.79. The molecule has 1 heterocycles. The highest BCUT2D eigenvalue weighted by molar-refractivity contribution is 7.14. The smallest absolute Gasteiger partial charge is 0.326 e. The van der Waals surface area contributed by atoms with E-state index in [1.807, 2.05) is 0 Å². The number of nitrogens with one attached hydrogen (secondary N) is 2. The molecule has 9 nitrogen and oxygen atoms in total. The summed E-state index contributed by atoms with van der Waals surface area (Å²) in [7, 11) is 0. The summed E-state index contributed by atoms with van der Waals surface area (Å²) in [6.45, 7) is 1.29. The minimum Gasteiger partial charge on any atom is -0.481 e. The second-order valence-corrected chi connectivity index (χ2v) is 4.87. The summed E-state index contributed by atoms with van der Waals surface area (Å²) < 4.78 is 0. The molecule has 4 N–H and O–H groups in total. The summed E-state index contributed by atoms with van der Waals surface area (Å²) in [4.78, 5) is 47.8. The van der Waals surface area contributed by atoms with Crippen LogP contribution >= 0.6 is 11.3 Å². The maximum atomic E-state index is 11.8. The van der Waals surface area contributed by atoms with E-state index >= 15 is 0 Å². The molecule has 0 saturated carbocycles. The first-order valence-electron chi connectivity index (χ1n) is 5.78. The van der Waals surface area contributed by atoms with E-state index < -0.39 is 23.9 Å². The van der Waals surface area contributed by atoms with Crippen LogP contribution < -0.4 is 10.6 Å². The molecule has 1 unspecified atom stereocenters. The Morgan fingerprint density at radius 3 is 2.52 bits per heavy atom. The summed E-state index contributed by atoms with van der Waals surface area (Å²) in [5.74, 6) is -3.58. The highest BCUT2D eigenvalue weighted by atomic mass is 32.1. The molecule has 0 aliphatic carbocycles. The number of carboxylic acids is 2. The Hall–Kier alpha value is -2.49. The van der Waals surface area contributed by atoms with Gasteiger partial charge >= 0.3 is 11.9 Å². The van der Waals surface area contributed by atoms with Crippen LogP contribution in [0.1, 0.15) is 30.3 Å². The Balaban J connectivity index is 2.68. The normalized spacial score (nSPS) is 11.5. The lowest BCUT2D eigenvalue weighted by molar-refractivity contribution is -0.140. The van der Waals surface area contributed by atoms with E-state index in [4.69, 9.17) is 10.2 Å². The topological polar surface area (TPSA) is 146 Å². The highest BCUT2D eigenvalue weighted by Crippen LogP contribution is 2.15. The summed E-state index contributed by atoms with van der Waals surface area (Å²) in [6.07, 6.45) is -0.620. The zero-order chi connectivity index (χ0) is 16.0. The Bertz CT molecular complexity index is 570. The zero-order valence-electron chi connectivity index (χ0n) is 11.0. The van der Waals surface area contributed by atoms with Crippen molar-refractivity contribution in [3.05, 3.63) is 11.1 Å². The first-order valence-corrected chi connectivity index (χ1v) is 6.66. The Labute approximate surface area is 123 Å². The molecule has 0 aromatic carbocycles. The van der Waals surface area contributed by atoms with Crippen LogP contribution in [-0.4, -0.2) is 45.0 Å². The van der Waals surface area contributed by atoms with Crippen LogP contribution in [0.25, 0.3) is 0 Å². The zero-order valence-corrected chi connectivity index (χ0v) is 11.8. The van der Waals surface area contributed by atoms with Gasteiger partial charge in [-0.05, 0) is 6.42 Å². The summed E-state index contributed by atoms with van der Waals surface area (Å²) in [6, 6.07) is -1.32. The molecule has 1 rings (SSSR count). The molecule has 2 amide bonds. The molecule has 0 aliphatic heterocycles. The number of amides is 2. The average Bonchev–Trinajstić information content (AvgIpc) is 2.81. The molecular weight excluding hydrogens is 302 g/mol. The molecule has 1 atom stereocenters. The van der Waals surface area contributed by atoms with E-state index in [2.05, 4.69) is 15.6 Å². The second kappa shape index (κ2) is 7.33. The molecule has 10 heteroatoms. The van der Waals surface area contributed by atoms with Crippen molar-refractivity contribution in [3.8, 4) is 0 Å². The second-order valence-electron chi connectivity index (χ2n) is 4.02. The monoisotopic (exact) mass is 315 g/mol. The van der Waals surface area contributed by atoms with Crippen LogP contribution in [-0.2, 0) is 14.4 Å². The third-order valence-corrected chi connectivity index (χ3v) is 3.03. The van der Waals surface area contributed by atoms with Gasteiger partial charge in [-0.3, -0.25) is 14.4 Å². The Morgan fingerprint density at radius 2 is 2.00 bits per heavy atom. The molecule has 0 bridgehead atoms. The van der Waals surface area contributed by atoms with Crippen molar-refractivity contribution in [1.82, 2.24) is 10.3 Å². The van der Waals surface area contributed by atoms with Crippen molar-refractivity contribution in [3.63, 3.8) is 0 Å².